The van der Waals surface area contributed by atoms with Gasteiger partial charge in [0.25, 0.3) is 0 Å². The second kappa shape index (κ2) is 10.0. The summed E-state index contributed by atoms with van der Waals surface area (Å²) < 4.78 is 0. The SMILES string of the molecule is Cc1ccc(C#Cc2cc(C#Cc3ccccc3)cc(C#Cc3ccc(C)cc3)c2)cc1. The summed E-state index contributed by atoms with van der Waals surface area (Å²) in [6, 6.07) is 32.5. The summed E-state index contributed by atoms with van der Waals surface area (Å²) in [5.74, 6) is 19.6. The molecule has 0 aromatic heterocycles. The zero-order chi connectivity index (χ0) is 22.2. The molecule has 0 aliphatic carbocycles. The van der Waals surface area contributed by atoms with E-state index in [1.807, 2.05) is 72.8 Å². The monoisotopic (exact) mass is 406 g/mol. The van der Waals surface area contributed by atoms with Gasteiger partial charge in [0.15, 0.2) is 0 Å². The highest BCUT2D eigenvalue weighted by Crippen LogP contribution is 2.11. The number of benzene rings is 4. The van der Waals surface area contributed by atoms with Crippen molar-refractivity contribution in [3.63, 3.8) is 0 Å². The highest BCUT2D eigenvalue weighted by Gasteiger charge is 1.97. The average Bonchev–Trinajstić information content (AvgIpc) is 2.83. The molecule has 0 heterocycles. The van der Waals surface area contributed by atoms with Crippen LogP contribution >= 0.6 is 0 Å². The summed E-state index contributed by atoms with van der Waals surface area (Å²) in [6.45, 7) is 4.15. The van der Waals surface area contributed by atoms with E-state index >= 15 is 0 Å². The van der Waals surface area contributed by atoms with Crippen LogP contribution in [-0.4, -0.2) is 0 Å². The maximum Gasteiger partial charge on any atom is 0.0273 e. The van der Waals surface area contributed by atoms with Gasteiger partial charge in [-0.05, 0) is 68.4 Å². The Hall–Kier alpha value is -4.44. The van der Waals surface area contributed by atoms with Crippen LogP contribution in [0.5, 0.6) is 0 Å². The lowest BCUT2D eigenvalue weighted by atomic mass is 10.0. The Labute approximate surface area is 191 Å². The third-order valence-corrected chi connectivity index (χ3v) is 4.86. The van der Waals surface area contributed by atoms with E-state index in [1.165, 1.54) is 11.1 Å². The van der Waals surface area contributed by atoms with Gasteiger partial charge in [0, 0.05) is 33.4 Å². The van der Waals surface area contributed by atoms with Crippen molar-refractivity contribution in [3.8, 4) is 35.5 Å². The predicted molar refractivity (Wildman–Crippen MR) is 133 cm³/mol. The number of rotatable bonds is 0. The number of hydrogen-bond acceptors (Lipinski definition) is 0. The lowest BCUT2D eigenvalue weighted by Gasteiger charge is -1.98. The molecule has 0 fully saturated rings. The van der Waals surface area contributed by atoms with Gasteiger partial charge in [0.2, 0.25) is 0 Å². The topological polar surface area (TPSA) is 0 Å². The Balaban J connectivity index is 1.70. The molecule has 4 aromatic carbocycles. The molecule has 0 bridgehead atoms. The van der Waals surface area contributed by atoms with E-state index in [-0.39, 0.29) is 0 Å². The Morgan fingerprint density at radius 3 is 1.03 bits per heavy atom. The molecule has 4 rings (SSSR count). The van der Waals surface area contributed by atoms with Gasteiger partial charge in [-0.3, -0.25) is 0 Å². The molecule has 0 saturated carbocycles. The second-order valence-corrected chi connectivity index (χ2v) is 7.65. The standard InChI is InChI=1S/C32H22/c1-25-8-12-28(13-9-25)17-20-31-22-30(19-16-27-6-4-3-5-7-27)23-32(24-31)21-18-29-14-10-26(2)11-15-29/h3-15,22-24H,1-2H3. The molecule has 0 saturated heterocycles. The molecule has 0 radical (unpaired) electrons. The maximum absolute atomic E-state index is 3.28. The molecule has 4 aromatic rings. The van der Waals surface area contributed by atoms with Crippen LogP contribution in [-0.2, 0) is 0 Å². The molecule has 150 valence electrons. The molecule has 32 heavy (non-hydrogen) atoms. The highest BCUT2D eigenvalue weighted by molar-refractivity contribution is 5.55. The van der Waals surface area contributed by atoms with Crippen LogP contribution < -0.4 is 0 Å². The third kappa shape index (κ3) is 6.03. The van der Waals surface area contributed by atoms with Crippen molar-refractivity contribution in [1.29, 1.82) is 0 Å². The van der Waals surface area contributed by atoms with Crippen molar-refractivity contribution in [1.82, 2.24) is 0 Å². The van der Waals surface area contributed by atoms with Gasteiger partial charge in [0.1, 0.15) is 0 Å². The van der Waals surface area contributed by atoms with Crippen LogP contribution in [0.2, 0.25) is 0 Å². The molecule has 0 nitrogen and oxygen atoms in total. The van der Waals surface area contributed by atoms with Crippen molar-refractivity contribution in [2.24, 2.45) is 0 Å². The van der Waals surface area contributed by atoms with Gasteiger partial charge in [-0.1, -0.05) is 89.1 Å². The molecular weight excluding hydrogens is 384 g/mol. The fraction of sp³-hybridized carbons (Fsp3) is 0.0625. The van der Waals surface area contributed by atoms with Crippen LogP contribution in [0.1, 0.15) is 44.5 Å². The van der Waals surface area contributed by atoms with Gasteiger partial charge in [-0.15, -0.1) is 0 Å². The first-order chi connectivity index (χ1) is 15.6. The molecule has 0 amide bonds. The molecule has 0 spiro atoms. The lowest BCUT2D eigenvalue weighted by molar-refractivity contribution is 1.46. The van der Waals surface area contributed by atoms with Gasteiger partial charge in [-0.2, -0.15) is 0 Å². The van der Waals surface area contributed by atoms with Crippen molar-refractivity contribution < 1.29 is 0 Å². The first-order valence-corrected chi connectivity index (χ1v) is 10.5. The minimum Gasteiger partial charge on any atom is -0.0622 e. The summed E-state index contributed by atoms with van der Waals surface area (Å²) in [5.41, 5.74) is 8.11. The van der Waals surface area contributed by atoms with Gasteiger partial charge in [0.05, 0.1) is 0 Å². The Morgan fingerprint density at radius 1 is 0.344 bits per heavy atom. The van der Waals surface area contributed by atoms with Crippen molar-refractivity contribution in [2.45, 2.75) is 13.8 Å². The molecule has 0 N–H and O–H groups in total. The van der Waals surface area contributed by atoms with E-state index in [0.717, 1.165) is 33.4 Å². The van der Waals surface area contributed by atoms with E-state index in [1.54, 1.807) is 0 Å². The largest absolute Gasteiger partial charge is 0.0622 e. The third-order valence-electron chi connectivity index (χ3n) is 4.86. The lowest BCUT2D eigenvalue weighted by Crippen LogP contribution is -1.85. The van der Waals surface area contributed by atoms with E-state index in [9.17, 15) is 0 Å². The van der Waals surface area contributed by atoms with Crippen LogP contribution in [0.15, 0.2) is 97.1 Å². The van der Waals surface area contributed by atoms with Crippen molar-refractivity contribution in [2.75, 3.05) is 0 Å². The smallest absolute Gasteiger partial charge is 0.0273 e. The van der Waals surface area contributed by atoms with E-state index in [2.05, 4.69) is 73.6 Å². The minimum atomic E-state index is 0.901. The summed E-state index contributed by atoms with van der Waals surface area (Å²) in [5, 5.41) is 0. The van der Waals surface area contributed by atoms with Gasteiger partial charge < -0.3 is 0 Å². The Kier molecular flexibility index (Phi) is 6.54. The van der Waals surface area contributed by atoms with Crippen LogP contribution in [0.4, 0.5) is 0 Å². The van der Waals surface area contributed by atoms with Crippen molar-refractivity contribution >= 4 is 0 Å². The Bertz CT molecular complexity index is 1320. The second-order valence-electron chi connectivity index (χ2n) is 7.65. The van der Waals surface area contributed by atoms with Crippen LogP contribution in [0, 0.1) is 49.4 Å². The maximum atomic E-state index is 3.28. The summed E-state index contributed by atoms with van der Waals surface area (Å²) >= 11 is 0. The molecule has 0 aliphatic rings. The molecule has 0 atom stereocenters. The summed E-state index contributed by atoms with van der Waals surface area (Å²) in [6.07, 6.45) is 0. The van der Waals surface area contributed by atoms with Crippen molar-refractivity contribution in [3.05, 3.63) is 142 Å². The first kappa shape index (κ1) is 20.8. The normalized spacial score (nSPS) is 9.44. The van der Waals surface area contributed by atoms with E-state index in [4.69, 9.17) is 0 Å². The summed E-state index contributed by atoms with van der Waals surface area (Å²) in [4.78, 5) is 0. The Morgan fingerprint density at radius 2 is 0.656 bits per heavy atom. The highest BCUT2D eigenvalue weighted by atomic mass is 14.0. The minimum absolute atomic E-state index is 0.901. The zero-order valence-electron chi connectivity index (χ0n) is 18.2. The van der Waals surface area contributed by atoms with Crippen LogP contribution in [0.25, 0.3) is 0 Å². The molecule has 0 aliphatic heterocycles. The average molecular weight is 407 g/mol. The van der Waals surface area contributed by atoms with E-state index < -0.39 is 0 Å². The number of aryl methyl sites for hydroxylation is 2. The fourth-order valence-corrected chi connectivity index (χ4v) is 3.07. The van der Waals surface area contributed by atoms with Gasteiger partial charge in [-0.25, -0.2) is 0 Å². The fourth-order valence-electron chi connectivity index (χ4n) is 3.07. The molecule has 0 unspecified atom stereocenters. The first-order valence-electron chi connectivity index (χ1n) is 10.5. The predicted octanol–water partition coefficient (Wildman–Crippen LogP) is 6.50. The summed E-state index contributed by atoms with van der Waals surface area (Å²) in [7, 11) is 0. The quantitative estimate of drug-likeness (QED) is 0.292. The molecule has 0 heteroatoms. The van der Waals surface area contributed by atoms with Crippen LogP contribution in [0.3, 0.4) is 0 Å². The van der Waals surface area contributed by atoms with E-state index in [0.29, 0.717) is 0 Å². The zero-order valence-corrected chi connectivity index (χ0v) is 18.2. The molecular formula is C32H22. The van der Waals surface area contributed by atoms with Gasteiger partial charge >= 0.3 is 0 Å². The number of hydrogen-bond donors (Lipinski definition) is 0.